The molecule has 5 nitrogen and oxygen atoms in total. The maximum absolute atomic E-state index is 12.8. The Morgan fingerprint density at radius 2 is 1.76 bits per heavy atom. The van der Waals surface area contributed by atoms with Gasteiger partial charge in [-0.2, -0.15) is 0 Å². The Kier molecular flexibility index (Phi) is 5.38. The van der Waals surface area contributed by atoms with E-state index in [4.69, 9.17) is 4.74 Å². The van der Waals surface area contributed by atoms with Crippen LogP contribution in [0.15, 0.2) is 35.7 Å². The second-order valence-electron chi connectivity index (χ2n) is 6.10. The average Bonchev–Trinajstić information content (AvgIpc) is 3.05. The van der Waals surface area contributed by atoms with Crippen molar-refractivity contribution in [2.75, 3.05) is 33.3 Å². The maximum Gasteiger partial charge on any atom is 0.263 e. The fourth-order valence-electron chi connectivity index (χ4n) is 3.07. The van der Waals surface area contributed by atoms with Crippen molar-refractivity contribution in [1.82, 2.24) is 9.80 Å². The Morgan fingerprint density at radius 1 is 1.04 bits per heavy atom. The van der Waals surface area contributed by atoms with Crippen LogP contribution in [0.3, 0.4) is 0 Å². The monoisotopic (exact) mass is 358 g/mol. The zero-order chi connectivity index (χ0) is 17.8. The highest BCUT2D eigenvalue weighted by atomic mass is 32.1. The molecule has 3 rings (SSSR count). The van der Waals surface area contributed by atoms with Gasteiger partial charge >= 0.3 is 0 Å². The molecule has 132 valence electrons. The summed E-state index contributed by atoms with van der Waals surface area (Å²) in [5.74, 6) is 0.848. The minimum absolute atomic E-state index is 0.0103. The van der Waals surface area contributed by atoms with E-state index in [2.05, 4.69) is 0 Å². The smallest absolute Gasteiger partial charge is 0.263 e. The van der Waals surface area contributed by atoms with E-state index in [1.807, 2.05) is 46.4 Å². The number of carbonyl (C=O) groups excluding carboxylic acids is 2. The summed E-state index contributed by atoms with van der Waals surface area (Å²) in [6.45, 7) is 4.40. The average molecular weight is 358 g/mol. The predicted molar refractivity (Wildman–Crippen MR) is 98.5 cm³/mol. The third kappa shape index (κ3) is 3.85. The fourth-order valence-corrected chi connectivity index (χ4v) is 3.76. The van der Waals surface area contributed by atoms with Gasteiger partial charge in [-0.15, -0.1) is 11.3 Å². The zero-order valence-corrected chi connectivity index (χ0v) is 15.3. The highest BCUT2D eigenvalue weighted by Crippen LogP contribution is 2.20. The molecule has 1 aliphatic heterocycles. The molecule has 2 amide bonds. The second-order valence-corrected chi connectivity index (χ2v) is 7.05. The molecule has 0 unspecified atom stereocenters. The Labute approximate surface area is 151 Å². The number of aryl methyl sites for hydroxylation is 1. The lowest BCUT2D eigenvalue weighted by atomic mass is 10.1. The van der Waals surface area contributed by atoms with Gasteiger partial charge in [0.1, 0.15) is 5.75 Å². The molecule has 1 aliphatic rings. The molecule has 0 N–H and O–H groups in total. The third-order valence-corrected chi connectivity index (χ3v) is 5.30. The molecule has 25 heavy (non-hydrogen) atoms. The van der Waals surface area contributed by atoms with Crippen LogP contribution in [0, 0.1) is 6.92 Å². The molecule has 1 fully saturated rings. The van der Waals surface area contributed by atoms with Crippen LogP contribution in [-0.4, -0.2) is 54.9 Å². The molecule has 0 atom stereocenters. The summed E-state index contributed by atoms with van der Waals surface area (Å²) in [4.78, 5) is 29.7. The number of thiophene rings is 1. The Bertz CT molecular complexity index is 758. The first-order chi connectivity index (χ1) is 12.1. The number of carbonyl (C=O) groups is 2. The number of rotatable bonds is 3. The first kappa shape index (κ1) is 17.5. The van der Waals surface area contributed by atoms with E-state index in [1.165, 1.54) is 11.3 Å². The van der Waals surface area contributed by atoms with Crippen molar-refractivity contribution in [3.05, 3.63) is 51.7 Å². The van der Waals surface area contributed by atoms with Gasteiger partial charge in [-0.1, -0.05) is 6.07 Å². The van der Waals surface area contributed by atoms with Crippen LogP contribution in [0.4, 0.5) is 0 Å². The predicted octanol–water partition coefficient (Wildman–Crippen LogP) is 3.05. The van der Waals surface area contributed by atoms with E-state index in [-0.39, 0.29) is 11.8 Å². The summed E-state index contributed by atoms with van der Waals surface area (Å²) >= 11 is 1.46. The number of hydrogen-bond donors (Lipinski definition) is 0. The van der Waals surface area contributed by atoms with Crippen LogP contribution in [0.25, 0.3) is 0 Å². The molecule has 1 aromatic carbocycles. The van der Waals surface area contributed by atoms with Gasteiger partial charge in [0.15, 0.2) is 0 Å². The van der Waals surface area contributed by atoms with Gasteiger partial charge in [-0.05, 0) is 48.6 Å². The minimum Gasteiger partial charge on any atom is -0.496 e. The quantitative estimate of drug-likeness (QED) is 0.847. The van der Waals surface area contributed by atoms with Crippen LogP contribution < -0.4 is 4.74 Å². The Morgan fingerprint density at radius 3 is 2.36 bits per heavy atom. The number of nitrogens with zero attached hydrogens (tertiary/aromatic N) is 2. The van der Waals surface area contributed by atoms with E-state index >= 15 is 0 Å². The van der Waals surface area contributed by atoms with E-state index in [1.54, 1.807) is 13.2 Å². The first-order valence-electron chi connectivity index (χ1n) is 8.37. The molecule has 1 aromatic heterocycles. The van der Waals surface area contributed by atoms with Crippen LogP contribution in [0.5, 0.6) is 5.75 Å². The van der Waals surface area contributed by atoms with E-state index in [0.29, 0.717) is 31.7 Å². The van der Waals surface area contributed by atoms with Crippen LogP contribution in [0.1, 0.15) is 32.0 Å². The summed E-state index contributed by atoms with van der Waals surface area (Å²) in [7, 11) is 1.62. The standard InChI is InChI=1S/C19H22N2O3S/c1-14-13-15(6-7-16(14)24-2)18(22)20-8-4-9-21(11-10-20)19(23)17-5-3-12-25-17/h3,5-7,12-13H,4,8-11H2,1-2H3. The molecule has 2 aromatic rings. The van der Waals surface area contributed by atoms with E-state index in [9.17, 15) is 9.59 Å². The summed E-state index contributed by atoms with van der Waals surface area (Å²) in [5.41, 5.74) is 1.61. The lowest BCUT2D eigenvalue weighted by molar-refractivity contribution is 0.0721. The summed E-state index contributed by atoms with van der Waals surface area (Å²) in [6.07, 6.45) is 0.790. The number of hydrogen-bond acceptors (Lipinski definition) is 4. The van der Waals surface area contributed by atoms with Gasteiger partial charge in [-0.25, -0.2) is 0 Å². The van der Waals surface area contributed by atoms with Crippen molar-refractivity contribution in [3.8, 4) is 5.75 Å². The fraction of sp³-hybridized carbons (Fsp3) is 0.368. The van der Waals surface area contributed by atoms with Crippen molar-refractivity contribution in [2.24, 2.45) is 0 Å². The van der Waals surface area contributed by atoms with Crippen molar-refractivity contribution < 1.29 is 14.3 Å². The number of amides is 2. The van der Waals surface area contributed by atoms with Crippen LogP contribution >= 0.6 is 11.3 Å². The van der Waals surface area contributed by atoms with Crippen LogP contribution in [0.2, 0.25) is 0 Å². The highest BCUT2D eigenvalue weighted by molar-refractivity contribution is 7.12. The van der Waals surface area contributed by atoms with E-state index < -0.39 is 0 Å². The molecule has 6 heteroatoms. The van der Waals surface area contributed by atoms with Crippen molar-refractivity contribution in [2.45, 2.75) is 13.3 Å². The first-order valence-corrected chi connectivity index (χ1v) is 9.25. The topological polar surface area (TPSA) is 49.9 Å². The maximum atomic E-state index is 12.8. The van der Waals surface area contributed by atoms with Gasteiger partial charge in [0, 0.05) is 31.7 Å². The highest BCUT2D eigenvalue weighted by Gasteiger charge is 2.24. The van der Waals surface area contributed by atoms with Gasteiger partial charge < -0.3 is 14.5 Å². The van der Waals surface area contributed by atoms with E-state index in [0.717, 1.165) is 22.6 Å². The van der Waals surface area contributed by atoms with Crippen molar-refractivity contribution >= 4 is 23.2 Å². The SMILES string of the molecule is COc1ccc(C(=O)N2CCCN(C(=O)c3cccs3)CC2)cc1C. The van der Waals surface area contributed by atoms with Crippen molar-refractivity contribution in [3.63, 3.8) is 0 Å². The zero-order valence-electron chi connectivity index (χ0n) is 14.5. The normalized spacial score (nSPS) is 15.0. The largest absolute Gasteiger partial charge is 0.496 e. The lowest BCUT2D eigenvalue weighted by Gasteiger charge is -2.22. The summed E-state index contributed by atoms with van der Waals surface area (Å²) in [6, 6.07) is 9.22. The third-order valence-electron chi connectivity index (χ3n) is 4.44. The van der Waals surface area contributed by atoms with Gasteiger partial charge in [0.2, 0.25) is 0 Å². The molecule has 2 heterocycles. The van der Waals surface area contributed by atoms with Crippen LogP contribution in [-0.2, 0) is 0 Å². The molecule has 0 bridgehead atoms. The Hall–Kier alpha value is -2.34. The lowest BCUT2D eigenvalue weighted by Crippen LogP contribution is -2.37. The molecular formula is C19H22N2O3S. The molecular weight excluding hydrogens is 336 g/mol. The van der Waals surface area contributed by atoms with Gasteiger partial charge in [0.25, 0.3) is 11.8 Å². The number of benzene rings is 1. The molecule has 0 radical (unpaired) electrons. The number of methoxy groups -OCH3 is 1. The Balaban J connectivity index is 1.67. The van der Waals surface area contributed by atoms with Gasteiger partial charge in [-0.3, -0.25) is 9.59 Å². The summed E-state index contributed by atoms with van der Waals surface area (Å²) < 4.78 is 5.25. The molecule has 0 spiro atoms. The van der Waals surface area contributed by atoms with Crippen molar-refractivity contribution in [1.29, 1.82) is 0 Å². The van der Waals surface area contributed by atoms with Gasteiger partial charge in [0.05, 0.1) is 12.0 Å². The minimum atomic E-state index is 0.0103. The number of ether oxygens (including phenoxy) is 1. The summed E-state index contributed by atoms with van der Waals surface area (Å²) in [5, 5.41) is 1.91. The second kappa shape index (κ2) is 7.70. The molecule has 1 saturated heterocycles. The molecule has 0 saturated carbocycles. The molecule has 0 aliphatic carbocycles.